The third kappa shape index (κ3) is 4.76. The van der Waals surface area contributed by atoms with E-state index in [0.717, 1.165) is 0 Å². The molecule has 0 bridgehead atoms. The Morgan fingerprint density at radius 3 is 1.50 bits per heavy atom. The second kappa shape index (κ2) is 4.10. The van der Waals surface area contributed by atoms with Crippen molar-refractivity contribution in [1.29, 1.82) is 0 Å². The zero-order valence-corrected chi connectivity index (χ0v) is 13.5. The van der Waals surface area contributed by atoms with E-state index < -0.39 is 16.4 Å². The van der Waals surface area contributed by atoms with Crippen molar-refractivity contribution in [3.05, 3.63) is 0 Å². The first-order valence-electron chi connectivity index (χ1n) is 5.56. The molecule has 0 fully saturated rings. The summed E-state index contributed by atoms with van der Waals surface area (Å²) in [7, 11) is -2.51. The van der Waals surface area contributed by atoms with Crippen LogP contribution in [-0.4, -0.2) is 22.0 Å². The Labute approximate surface area is 92.4 Å². The van der Waals surface area contributed by atoms with Crippen LogP contribution in [0.4, 0.5) is 0 Å². The summed E-state index contributed by atoms with van der Waals surface area (Å²) < 4.78 is 6.29. The van der Waals surface area contributed by atoms with E-state index >= 15 is 0 Å². The summed E-state index contributed by atoms with van der Waals surface area (Å²) in [5.41, 5.74) is 0.747. The molecule has 0 saturated carbocycles. The van der Waals surface area contributed by atoms with Crippen molar-refractivity contribution in [2.75, 3.05) is 0 Å². The third-order valence-corrected chi connectivity index (χ3v) is 7.34. The molecule has 0 radical (unpaired) electrons. The molecule has 0 heterocycles. The summed E-state index contributed by atoms with van der Waals surface area (Å²) in [6, 6.07) is 0. The largest absolute Gasteiger partial charge is 0.413 e. The van der Waals surface area contributed by atoms with E-state index in [9.17, 15) is 0 Å². The van der Waals surface area contributed by atoms with Crippen LogP contribution < -0.4 is 0 Å². The van der Waals surface area contributed by atoms with Crippen molar-refractivity contribution in [3.63, 3.8) is 0 Å². The second-order valence-electron chi connectivity index (χ2n) is 6.91. The Kier molecular flexibility index (Phi) is 4.22. The average Bonchev–Trinajstić information content (AvgIpc) is 1.78. The monoisotopic (exact) mass is 232 g/mol. The van der Waals surface area contributed by atoms with Gasteiger partial charge < -0.3 is 4.43 Å². The van der Waals surface area contributed by atoms with Crippen molar-refractivity contribution in [2.24, 2.45) is 0 Å². The summed E-state index contributed by atoms with van der Waals surface area (Å²) in [4.78, 5) is 0. The van der Waals surface area contributed by atoms with E-state index in [0.29, 0.717) is 5.54 Å². The van der Waals surface area contributed by atoms with Gasteiger partial charge in [-0.3, -0.25) is 0 Å². The maximum atomic E-state index is 6.29. The zero-order valence-electron chi connectivity index (χ0n) is 11.5. The number of hydrogen-bond acceptors (Lipinski definition) is 1. The first-order chi connectivity index (χ1) is 5.86. The van der Waals surface area contributed by atoms with Crippen LogP contribution in [0.1, 0.15) is 20.8 Å². The summed E-state index contributed by atoms with van der Waals surface area (Å²) >= 11 is 0. The lowest BCUT2D eigenvalue weighted by Gasteiger charge is -2.43. The third-order valence-electron chi connectivity index (χ3n) is 2.91. The lowest BCUT2D eigenvalue weighted by atomic mass is 10.1. The summed E-state index contributed by atoms with van der Waals surface area (Å²) in [5, 5.41) is 0. The summed E-state index contributed by atoms with van der Waals surface area (Å²) in [5.74, 6) is 0. The van der Waals surface area contributed by atoms with Crippen LogP contribution in [0.2, 0.25) is 44.8 Å². The van der Waals surface area contributed by atoms with Crippen LogP contribution in [0.15, 0.2) is 0 Å². The predicted octanol–water partition coefficient (Wildman–Crippen LogP) is 4.34. The smallest absolute Gasteiger partial charge is 0.184 e. The van der Waals surface area contributed by atoms with Crippen molar-refractivity contribution in [3.8, 4) is 0 Å². The van der Waals surface area contributed by atoms with Gasteiger partial charge in [-0.2, -0.15) is 0 Å². The van der Waals surface area contributed by atoms with Crippen LogP contribution in [0.25, 0.3) is 0 Å². The highest BCUT2D eigenvalue weighted by Crippen LogP contribution is 2.36. The average molecular weight is 233 g/mol. The van der Waals surface area contributed by atoms with E-state index in [-0.39, 0.29) is 5.60 Å². The van der Waals surface area contributed by atoms with Gasteiger partial charge in [0.15, 0.2) is 8.32 Å². The molecule has 1 atom stereocenters. The molecular weight excluding hydrogens is 204 g/mol. The predicted molar refractivity (Wildman–Crippen MR) is 71.3 cm³/mol. The van der Waals surface area contributed by atoms with Gasteiger partial charge in [-0.05, 0) is 39.0 Å². The van der Waals surface area contributed by atoms with Crippen molar-refractivity contribution in [2.45, 2.75) is 71.2 Å². The molecule has 0 aliphatic rings. The topological polar surface area (TPSA) is 9.23 Å². The molecule has 0 aromatic carbocycles. The molecule has 1 nitrogen and oxygen atoms in total. The molecule has 0 aromatic heterocycles. The van der Waals surface area contributed by atoms with Crippen molar-refractivity contribution < 1.29 is 4.43 Å². The van der Waals surface area contributed by atoms with Gasteiger partial charge >= 0.3 is 0 Å². The minimum absolute atomic E-state index is 0.0505. The lowest BCUT2D eigenvalue weighted by Crippen LogP contribution is -2.47. The van der Waals surface area contributed by atoms with E-state index in [2.05, 4.69) is 60.1 Å². The molecule has 0 rings (SSSR count). The van der Waals surface area contributed by atoms with Gasteiger partial charge in [-0.15, -0.1) is 0 Å². The maximum absolute atomic E-state index is 6.29. The highest BCUT2D eigenvalue weighted by Gasteiger charge is 2.39. The van der Waals surface area contributed by atoms with Crippen LogP contribution in [0.3, 0.4) is 0 Å². The normalized spacial score (nSPS) is 16.9. The molecule has 0 aliphatic carbocycles. The van der Waals surface area contributed by atoms with Crippen LogP contribution in [0.5, 0.6) is 0 Å². The standard InChI is InChI=1S/C11H28OSi2/c1-10(13(4,5)6)11(2,3)12-14(7,8)9/h10H,1-9H3. The fourth-order valence-corrected chi connectivity index (χ4v) is 5.94. The first-order valence-corrected chi connectivity index (χ1v) is 12.5. The van der Waals surface area contributed by atoms with E-state index in [1.54, 1.807) is 0 Å². The molecule has 0 saturated heterocycles. The fourth-order valence-electron chi connectivity index (χ4n) is 1.92. The quantitative estimate of drug-likeness (QED) is 0.655. The van der Waals surface area contributed by atoms with Gasteiger partial charge in [0.1, 0.15) is 0 Å². The Bertz CT molecular complexity index is 186. The minimum atomic E-state index is -1.41. The Morgan fingerprint density at radius 1 is 0.929 bits per heavy atom. The lowest BCUT2D eigenvalue weighted by molar-refractivity contribution is 0.0946. The summed E-state index contributed by atoms with van der Waals surface area (Å²) in [6.45, 7) is 20.9. The fraction of sp³-hybridized carbons (Fsp3) is 1.00. The van der Waals surface area contributed by atoms with Gasteiger partial charge in [0, 0.05) is 0 Å². The van der Waals surface area contributed by atoms with Gasteiger partial charge in [0.05, 0.1) is 13.7 Å². The molecule has 0 N–H and O–H groups in total. The van der Waals surface area contributed by atoms with Crippen molar-refractivity contribution >= 4 is 16.4 Å². The van der Waals surface area contributed by atoms with E-state index in [4.69, 9.17) is 4.43 Å². The zero-order chi connectivity index (χ0) is 11.8. The molecule has 0 aromatic rings. The number of rotatable bonds is 4. The second-order valence-corrected chi connectivity index (χ2v) is 16.9. The molecular formula is C11H28OSi2. The highest BCUT2D eigenvalue weighted by molar-refractivity contribution is 6.78. The molecule has 0 aliphatic heterocycles. The van der Waals surface area contributed by atoms with Gasteiger partial charge in [0.25, 0.3) is 0 Å². The highest BCUT2D eigenvalue weighted by atomic mass is 28.4. The Balaban J connectivity index is 4.63. The molecule has 14 heavy (non-hydrogen) atoms. The molecule has 1 unspecified atom stereocenters. The van der Waals surface area contributed by atoms with Gasteiger partial charge in [0.2, 0.25) is 0 Å². The number of hydrogen-bond donors (Lipinski definition) is 0. The molecule has 3 heteroatoms. The molecule has 86 valence electrons. The summed E-state index contributed by atoms with van der Waals surface area (Å²) in [6.07, 6.45) is 0. The molecule has 0 amide bonds. The molecule has 0 spiro atoms. The Hall–Kier alpha value is 0.394. The van der Waals surface area contributed by atoms with Crippen LogP contribution >= 0.6 is 0 Å². The SMILES string of the molecule is CC(C(C)(C)O[Si](C)(C)C)[Si](C)(C)C. The van der Waals surface area contributed by atoms with Crippen molar-refractivity contribution in [1.82, 2.24) is 0 Å². The first kappa shape index (κ1) is 14.4. The van der Waals surface area contributed by atoms with Crippen LogP contribution in [-0.2, 0) is 4.43 Å². The minimum Gasteiger partial charge on any atom is -0.413 e. The van der Waals surface area contributed by atoms with Gasteiger partial charge in [-0.25, -0.2) is 0 Å². The van der Waals surface area contributed by atoms with Gasteiger partial charge in [-0.1, -0.05) is 26.6 Å². The van der Waals surface area contributed by atoms with E-state index in [1.807, 2.05) is 0 Å². The van der Waals surface area contributed by atoms with E-state index in [1.165, 1.54) is 0 Å². The maximum Gasteiger partial charge on any atom is 0.184 e. The van der Waals surface area contributed by atoms with Crippen LogP contribution in [0, 0.1) is 0 Å². The Morgan fingerprint density at radius 2 is 1.29 bits per heavy atom.